The second kappa shape index (κ2) is 5.91. The van der Waals surface area contributed by atoms with E-state index in [-0.39, 0.29) is 12.1 Å². The summed E-state index contributed by atoms with van der Waals surface area (Å²) in [4.78, 5) is 12.8. The van der Waals surface area contributed by atoms with E-state index in [1.807, 2.05) is 12.1 Å². The number of thiol groups is 1. The van der Waals surface area contributed by atoms with Crippen molar-refractivity contribution in [3.63, 3.8) is 0 Å². The molecule has 0 bridgehead atoms. The average Bonchev–Trinajstić information content (AvgIpc) is 2.33. The lowest BCUT2D eigenvalue weighted by molar-refractivity contribution is 0.0210. The van der Waals surface area contributed by atoms with E-state index in [1.54, 1.807) is 6.07 Å². The van der Waals surface area contributed by atoms with Crippen LogP contribution in [0.15, 0.2) is 27.6 Å². The zero-order chi connectivity index (χ0) is 12.3. The van der Waals surface area contributed by atoms with Gasteiger partial charge in [0.2, 0.25) is 0 Å². The third kappa shape index (κ3) is 3.49. The molecule has 0 amide bonds. The third-order valence-electron chi connectivity index (χ3n) is 3.00. The number of hydrogen-bond acceptors (Lipinski definition) is 3. The quantitative estimate of drug-likeness (QED) is 0.653. The lowest BCUT2D eigenvalue weighted by Gasteiger charge is -2.22. The summed E-state index contributed by atoms with van der Waals surface area (Å²) in [5.74, 6) is -0.250. The summed E-state index contributed by atoms with van der Waals surface area (Å²) < 4.78 is 6.27. The van der Waals surface area contributed by atoms with Gasteiger partial charge in [0.15, 0.2) is 0 Å². The highest BCUT2D eigenvalue weighted by atomic mass is 79.9. The van der Waals surface area contributed by atoms with Crippen molar-refractivity contribution in [3.8, 4) is 0 Å². The van der Waals surface area contributed by atoms with E-state index in [4.69, 9.17) is 4.74 Å². The average molecular weight is 315 g/mol. The molecule has 4 heteroatoms. The molecule has 1 aliphatic carbocycles. The Hall–Kier alpha value is -0.480. The van der Waals surface area contributed by atoms with Gasteiger partial charge in [-0.05, 0) is 59.8 Å². The summed E-state index contributed by atoms with van der Waals surface area (Å²) in [7, 11) is 0. The maximum atomic E-state index is 12.0. The minimum Gasteiger partial charge on any atom is -0.459 e. The van der Waals surface area contributed by atoms with E-state index in [0.29, 0.717) is 5.56 Å². The molecule has 2 rings (SSSR count). The van der Waals surface area contributed by atoms with Crippen molar-refractivity contribution in [1.29, 1.82) is 0 Å². The smallest absolute Gasteiger partial charge is 0.339 e. The van der Waals surface area contributed by atoms with E-state index in [9.17, 15) is 4.79 Å². The van der Waals surface area contributed by atoms with E-state index in [2.05, 4.69) is 28.6 Å². The summed E-state index contributed by atoms with van der Waals surface area (Å²) in [5, 5.41) is 0. The van der Waals surface area contributed by atoms with Crippen molar-refractivity contribution in [2.45, 2.75) is 43.1 Å². The molecule has 1 aliphatic rings. The van der Waals surface area contributed by atoms with Crippen LogP contribution in [0.4, 0.5) is 0 Å². The number of benzene rings is 1. The van der Waals surface area contributed by atoms with Gasteiger partial charge < -0.3 is 4.74 Å². The molecule has 1 aromatic carbocycles. The van der Waals surface area contributed by atoms with E-state index < -0.39 is 0 Å². The monoisotopic (exact) mass is 314 g/mol. The van der Waals surface area contributed by atoms with Gasteiger partial charge in [-0.1, -0.05) is 6.42 Å². The number of halogens is 1. The Labute approximate surface area is 115 Å². The minimum absolute atomic E-state index is 0.0896. The Morgan fingerprint density at radius 3 is 2.71 bits per heavy atom. The van der Waals surface area contributed by atoms with Gasteiger partial charge in [-0.15, -0.1) is 12.6 Å². The predicted octanol–water partition coefficient (Wildman–Crippen LogP) is 4.23. The summed E-state index contributed by atoms with van der Waals surface area (Å²) in [5.41, 5.74) is 0.558. The van der Waals surface area contributed by atoms with Crippen LogP contribution >= 0.6 is 28.6 Å². The molecule has 0 N–H and O–H groups in total. The fourth-order valence-electron chi connectivity index (χ4n) is 2.07. The zero-order valence-electron chi connectivity index (χ0n) is 9.49. The second-order valence-corrected chi connectivity index (χ2v) is 5.70. The lowest BCUT2D eigenvalue weighted by atomic mass is 9.98. The number of ether oxygens (including phenoxy) is 1. The zero-order valence-corrected chi connectivity index (χ0v) is 12.0. The van der Waals surface area contributed by atoms with Crippen LogP contribution in [-0.4, -0.2) is 12.1 Å². The van der Waals surface area contributed by atoms with Crippen molar-refractivity contribution >= 4 is 34.5 Å². The third-order valence-corrected chi connectivity index (χ3v) is 3.97. The summed E-state index contributed by atoms with van der Waals surface area (Å²) in [6.07, 6.45) is 5.64. The van der Waals surface area contributed by atoms with Gasteiger partial charge in [0.1, 0.15) is 6.10 Å². The molecular formula is C13H15BrO2S. The molecular weight excluding hydrogens is 300 g/mol. The highest BCUT2D eigenvalue weighted by Crippen LogP contribution is 2.25. The molecule has 0 aliphatic heterocycles. The molecule has 0 saturated heterocycles. The Balaban J connectivity index is 2.05. The van der Waals surface area contributed by atoms with Crippen LogP contribution in [0.5, 0.6) is 0 Å². The standard InChI is InChI=1S/C13H15BrO2S/c14-12-7-6-10(17)8-11(12)13(15)16-9-4-2-1-3-5-9/h6-9,17H,1-5H2. The molecule has 17 heavy (non-hydrogen) atoms. The topological polar surface area (TPSA) is 26.3 Å². The molecule has 0 spiro atoms. The molecule has 2 nitrogen and oxygen atoms in total. The minimum atomic E-state index is -0.250. The van der Waals surface area contributed by atoms with Crippen molar-refractivity contribution in [2.75, 3.05) is 0 Å². The van der Waals surface area contributed by atoms with Gasteiger partial charge in [-0.25, -0.2) is 4.79 Å². The second-order valence-electron chi connectivity index (χ2n) is 4.33. The van der Waals surface area contributed by atoms with Crippen molar-refractivity contribution in [1.82, 2.24) is 0 Å². The molecule has 1 fully saturated rings. The number of carbonyl (C=O) groups is 1. The molecule has 0 aromatic heterocycles. The molecule has 92 valence electrons. The Morgan fingerprint density at radius 1 is 1.29 bits per heavy atom. The van der Waals surface area contributed by atoms with Gasteiger partial charge in [0.05, 0.1) is 5.56 Å². The van der Waals surface area contributed by atoms with Gasteiger partial charge in [-0.2, -0.15) is 0 Å². The first-order valence-corrected chi connectivity index (χ1v) is 7.10. The van der Waals surface area contributed by atoms with Crippen LogP contribution < -0.4 is 0 Å². The normalized spacial score (nSPS) is 16.8. The first-order valence-electron chi connectivity index (χ1n) is 5.86. The van der Waals surface area contributed by atoms with Gasteiger partial charge in [-0.3, -0.25) is 0 Å². The Bertz CT molecular complexity index is 414. The van der Waals surface area contributed by atoms with Crippen molar-refractivity contribution in [3.05, 3.63) is 28.2 Å². The molecule has 1 saturated carbocycles. The molecule has 0 atom stereocenters. The highest BCUT2D eigenvalue weighted by Gasteiger charge is 2.20. The van der Waals surface area contributed by atoms with E-state index >= 15 is 0 Å². The van der Waals surface area contributed by atoms with Gasteiger partial charge >= 0.3 is 5.97 Å². The first kappa shape index (κ1) is 13.0. The predicted molar refractivity (Wildman–Crippen MR) is 73.7 cm³/mol. The molecule has 0 unspecified atom stereocenters. The van der Waals surface area contributed by atoms with E-state index in [1.165, 1.54) is 6.42 Å². The first-order chi connectivity index (χ1) is 8.16. The number of esters is 1. The van der Waals surface area contributed by atoms with Crippen LogP contribution in [0.3, 0.4) is 0 Å². The molecule has 0 radical (unpaired) electrons. The Kier molecular flexibility index (Phi) is 4.51. The van der Waals surface area contributed by atoms with Gasteiger partial charge in [0, 0.05) is 9.37 Å². The molecule has 1 aromatic rings. The number of rotatable bonds is 2. The fourth-order valence-corrected chi connectivity index (χ4v) is 2.68. The largest absolute Gasteiger partial charge is 0.459 e. The fraction of sp³-hybridized carbons (Fsp3) is 0.462. The lowest BCUT2D eigenvalue weighted by Crippen LogP contribution is -2.21. The van der Waals surface area contributed by atoms with Crippen LogP contribution in [0.2, 0.25) is 0 Å². The molecule has 0 heterocycles. The van der Waals surface area contributed by atoms with Crippen molar-refractivity contribution < 1.29 is 9.53 Å². The van der Waals surface area contributed by atoms with Gasteiger partial charge in [0.25, 0.3) is 0 Å². The summed E-state index contributed by atoms with van der Waals surface area (Å²) in [6, 6.07) is 5.39. The van der Waals surface area contributed by atoms with Crippen LogP contribution in [0.25, 0.3) is 0 Å². The SMILES string of the molecule is O=C(OC1CCCCC1)c1cc(S)ccc1Br. The Morgan fingerprint density at radius 2 is 2.00 bits per heavy atom. The highest BCUT2D eigenvalue weighted by molar-refractivity contribution is 9.10. The van der Waals surface area contributed by atoms with Crippen molar-refractivity contribution in [2.24, 2.45) is 0 Å². The van der Waals surface area contributed by atoms with E-state index in [0.717, 1.165) is 35.1 Å². The maximum Gasteiger partial charge on any atom is 0.339 e. The maximum absolute atomic E-state index is 12.0. The summed E-state index contributed by atoms with van der Waals surface area (Å²) >= 11 is 7.59. The van der Waals surface area contributed by atoms with Crippen LogP contribution in [-0.2, 0) is 4.74 Å². The number of carbonyl (C=O) groups excluding carboxylic acids is 1. The number of hydrogen-bond donors (Lipinski definition) is 1. The summed E-state index contributed by atoms with van der Waals surface area (Å²) in [6.45, 7) is 0. The van der Waals surface area contributed by atoms with Crippen LogP contribution in [0.1, 0.15) is 42.5 Å². The van der Waals surface area contributed by atoms with Crippen LogP contribution in [0, 0.1) is 0 Å².